The van der Waals surface area contributed by atoms with Crippen LogP contribution in [0.3, 0.4) is 0 Å². The number of hydrogen-bond acceptors (Lipinski definition) is 5. The minimum Gasteiger partial charge on any atom is -0.352 e. The first-order chi connectivity index (χ1) is 13.7. The van der Waals surface area contributed by atoms with Crippen molar-refractivity contribution in [1.29, 1.82) is 0 Å². The lowest BCUT2D eigenvalue weighted by Gasteiger charge is -2.35. The number of piperazine rings is 1. The molecule has 0 unspecified atom stereocenters. The molecule has 0 atom stereocenters. The second-order valence-corrected chi connectivity index (χ2v) is 6.63. The van der Waals surface area contributed by atoms with Crippen molar-refractivity contribution in [2.24, 2.45) is 0 Å². The van der Waals surface area contributed by atoms with Crippen molar-refractivity contribution in [2.45, 2.75) is 0 Å². The van der Waals surface area contributed by atoms with Gasteiger partial charge in [0.1, 0.15) is 5.82 Å². The number of para-hydroxylation sites is 2. The molecule has 7 nitrogen and oxygen atoms in total. The van der Waals surface area contributed by atoms with Gasteiger partial charge in [0.25, 0.3) is 5.91 Å². The number of benzene rings is 2. The third kappa shape index (κ3) is 3.93. The Morgan fingerprint density at radius 1 is 0.893 bits per heavy atom. The molecule has 2 heterocycles. The number of carbonyl (C=O) groups is 2. The summed E-state index contributed by atoms with van der Waals surface area (Å²) in [6.07, 6.45) is 1.78. The summed E-state index contributed by atoms with van der Waals surface area (Å²) < 4.78 is 0. The highest BCUT2D eigenvalue weighted by Gasteiger charge is 2.22. The van der Waals surface area contributed by atoms with Crippen molar-refractivity contribution in [3.8, 4) is 0 Å². The minimum atomic E-state index is -0.237. The molecule has 3 aromatic rings. The van der Waals surface area contributed by atoms with Crippen molar-refractivity contribution < 1.29 is 9.59 Å². The fraction of sp³-hybridized carbons (Fsp3) is 0.238. The first-order valence-corrected chi connectivity index (χ1v) is 9.28. The lowest BCUT2D eigenvalue weighted by molar-refractivity contribution is -0.130. The third-order valence-corrected chi connectivity index (χ3v) is 4.83. The van der Waals surface area contributed by atoms with E-state index in [-0.39, 0.29) is 18.4 Å². The molecule has 1 aliphatic heterocycles. The standard InChI is InChI=1S/C21H21N5O2/c27-20(15-23-21(28)16-6-2-1-3-7-16)26-12-10-25(11-13-26)19-14-22-17-8-4-5-9-18(17)24-19/h1-9,14H,10-13,15H2,(H,23,28). The van der Waals surface area contributed by atoms with E-state index in [2.05, 4.69) is 20.2 Å². The van der Waals surface area contributed by atoms with E-state index < -0.39 is 0 Å². The van der Waals surface area contributed by atoms with Gasteiger partial charge in [0.2, 0.25) is 5.91 Å². The Labute approximate surface area is 163 Å². The first kappa shape index (κ1) is 17.9. The number of aromatic nitrogens is 2. The Morgan fingerprint density at radius 3 is 2.32 bits per heavy atom. The third-order valence-electron chi connectivity index (χ3n) is 4.83. The number of amides is 2. The highest BCUT2D eigenvalue weighted by Crippen LogP contribution is 2.17. The molecule has 1 aromatic heterocycles. The Morgan fingerprint density at radius 2 is 1.57 bits per heavy atom. The molecular weight excluding hydrogens is 354 g/mol. The monoisotopic (exact) mass is 375 g/mol. The van der Waals surface area contributed by atoms with Gasteiger partial charge in [-0.3, -0.25) is 14.6 Å². The van der Waals surface area contributed by atoms with Crippen LogP contribution in [0.15, 0.2) is 60.8 Å². The lowest BCUT2D eigenvalue weighted by atomic mass is 10.2. The van der Waals surface area contributed by atoms with Gasteiger partial charge in [0.05, 0.1) is 23.8 Å². The molecule has 0 saturated carbocycles. The highest BCUT2D eigenvalue weighted by atomic mass is 16.2. The smallest absolute Gasteiger partial charge is 0.251 e. The van der Waals surface area contributed by atoms with Gasteiger partial charge < -0.3 is 15.1 Å². The molecule has 4 rings (SSSR count). The van der Waals surface area contributed by atoms with Crippen LogP contribution in [0.2, 0.25) is 0 Å². The molecule has 0 bridgehead atoms. The molecule has 1 saturated heterocycles. The van der Waals surface area contributed by atoms with Crippen LogP contribution >= 0.6 is 0 Å². The van der Waals surface area contributed by atoms with Crippen LogP contribution < -0.4 is 10.2 Å². The number of nitrogens with zero attached hydrogens (tertiary/aromatic N) is 4. The number of anilines is 1. The normalized spacial score (nSPS) is 14.1. The summed E-state index contributed by atoms with van der Waals surface area (Å²) in [6.45, 7) is 2.56. The molecule has 2 amide bonds. The number of rotatable bonds is 4. The van der Waals surface area contributed by atoms with Gasteiger partial charge in [-0.05, 0) is 24.3 Å². The van der Waals surface area contributed by atoms with E-state index in [0.717, 1.165) is 16.9 Å². The summed E-state index contributed by atoms with van der Waals surface area (Å²) in [5.41, 5.74) is 2.28. The predicted octanol–water partition coefficient (Wildman–Crippen LogP) is 1.71. The summed E-state index contributed by atoms with van der Waals surface area (Å²) in [5.74, 6) is 0.510. The summed E-state index contributed by atoms with van der Waals surface area (Å²) in [7, 11) is 0. The minimum absolute atomic E-state index is 0.00348. The maximum absolute atomic E-state index is 12.4. The molecule has 28 heavy (non-hydrogen) atoms. The van der Waals surface area contributed by atoms with Crippen LogP contribution in [0, 0.1) is 0 Å². The van der Waals surface area contributed by atoms with Crippen LogP contribution in [-0.4, -0.2) is 59.4 Å². The Bertz CT molecular complexity index is 984. The van der Waals surface area contributed by atoms with Crippen molar-refractivity contribution in [3.63, 3.8) is 0 Å². The quantitative estimate of drug-likeness (QED) is 0.751. The number of hydrogen-bond donors (Lipinski definition) is 1. The summed E-state index contributed by atoms with van der Waals surface area (Å²) in [5, 5.41) is 2.69. The van der Waals surface area contributed by atoms with Gasteiger partial charge in [-0.1, -0.05) is 30.3 Å². The van der Waals surface area contributed by atoms with Gasteiger partial charge in [-0.25, -0.2) is 4.98 Å². The average Bonchev–Trinajstić information content (AvgIpc) is 2.77. The number of fused-ring (bicyclic) bond motifs is 1. The molecule has 7 heteroatoms. The van der Waals surface area contributed by atoms with Crippen LogP contribution in [0.1, 0.15) is 10.4 Å². The van der Waals surface area contributed by atoms with E-state index in [1.807, 2.05) is 30.3 Å². The van der Waals surface area contributed by atoms with Crippen LogP contribution in [-0.2, 0) is 4.79 Å². The Hall–Kier alpha value is -3.48. The molecule has 0 spiro atoms. The number of carbonyl (C=O) groups excluding carboxylic acids is 2. The van der Waals surface area contributed by atoms with Gasteiger partial charge >= 0.3 is 0 Å². The van der Waals surface area contributed by atoms with E-state index in [4.69, 9.17) is 0 Å². The molecule has 2 aromatic carbocycles. The SMILES string of the molecule is O=C(NCC(=O)N1CCN(c2cnc3ccccc3n2)CC1)c1ccccc1. The van der Waals surface area contributed by atoms with Crippen molar-refractivity contribution >= 4 is 28.7 Å². The fourth-order valence-corrected chi connectivity index (χ4v) is 3.24. The Balaban J connectivity index is 1.30. The molecule has 1 aliphatic rings. The molecule has 142 valence electrons. The molecule has 1 N–H and O–H groups in total. The maximum atomic E-state index is 12.4. The zero-order valence-corrected chi connectivity index (χ0v) is 15.4. The van der Waals surface area contributed by atoms with Crippen molar-refractivity contribution in [2.75, 3.05) is 37.6 Å². The first-order valence-electron chi connectivity index (χ1n) is 9.28. The highest BCUT2D eigenvalue weighted by molar-refractivity contribution is 5.96. The van der Waals surface area contributed by atoms with Gasteiger partial charge in [0, 0.05) is 31.7 Å². The van der Waals surface area contributed by atoms with E-state index in [9.17, 15) is 9.59 Å². The van der Waals surface area contributed by atoms with Gasteiger partial charge in [0.15, 0.2) is 0 Å². The lowest BCUT2D eigenvalue weighted by Crippen LogP contribution is -2.51. The second-order valence-electron chi connectivity index (χ2n) is 6.63. The van der Waals surface area contributed by atoms with Crippen LogP contribution in [0.25, 0.3) is 11.0 Å². The van der Waals surface area contributed by atoms with E-state index in [1.165, 1.54) is 0 Å². The van der Waals surface area contributed by atoms with E-state index in [1.54, 1.807) is 35.4 Å². The van der Waals surface area contributed by atoms with Crippen LogP contribution in [0.5, 0.6) is 0 Å². The maximum Gasteiger partial charge on any atom is 0.251 e. The Kier molecular flexibility index (Phi) is 5.14. The number of nitrogens with one attached hydrogen (secondary N) is 1. The van der Waals surface area contributed by atoms with Crippen molar-refractivity contribution in [1.82, 2.24) is 20.2 Å². The summed E-state index contributed by atoms with van der Waals surface area (Å²) in [6, 6.07) is 16.7. The second kappa shape index (κ2) is 8.04. The zero-order chi connectivity index (χ0) is 19.3. The predicted molar refractivity (Wildman–Crippen MR) is 107 cm³/mol. The summed E-state index contributed by atoms with van der Waals surface area (Å²) in [4.78, 5) is 37.5. The summed E-state index contributed by atoms with van der Waals surface area (Å²) >= 11 is 0. The van der Waals surface area contributed by atoms with Gasteiger partial charge in [-0.2, -0.15) is 0 Å². The largest absolute Gasteiger partial charge is 0.352 e. The molecule has 1 fully saturated rings. The molecule has 0 aliphatic carbocycles. The zero-order valence-electron chi connectivity index (χ0n) is 15.4. The molecule has 0 radical (unpaired) electrons. The average molecular weight is 375 g/mol. The van der Waals surface area contributed by atoms with Gasteiger partial charge in [-0.15, -0.1) is 0 Å². The molecular formula is C21H21N5O2. The van der Waals surface area contributed by atoms with Crippen LogP contribution in [0.4, 0.5) is 5.82 Å². The van der Waals surface area contributed by atoms with Crippen molar-refractivity contribution in [3.05, 3.63) is 66.4 Å². The topological polar surface area (TPSA) is 78.4 Å². The van der Waals surface area contributed by atoms with E-state index in [0.29, 0.717) is 31.7 Å². The van der Waals surface area contributed by atoms with E-state index >= 15 is 0 Å². The fourth-order valence-electron chi connectivity index (χ4n) is 3.24.